The van der Waals surface area contributed by atoms with Crippen molar-refractivity contribution < 1.29 is 4.79 Å². The van der Waals surface area contributed by atoms with E-state index in [4.69, 9.17) is 0 Å². The number of aryl methyl sites for hydroxylation is 1. The molecule has 0 aliphatic carbocycles. The molecule has 3 heteroatoms. The normalized spacial score (nSPS) is 9.94. The summed E-state index contributed by atoms with van der Waals surface area (Å²) < 4.78 is 0. The Morgan fingerprint density at radius 3 is 2.62 bits per heavy atom. The summed E-state index contributed by atoms with van der Waals surface area (Å²) in [6.45, 7) is 8.27. The van der Waals surface area contributed by atoms with Gasteiger partial charge in [-0.3, -0.25) is 4.79 Å². The monoisotopic (exact) mass is 220 g/mol. The van der Waals surface area contributed by atoms with Crippen LogP contribution >= 0.6 is 0 Å². The highest BCUT2D eigenvalue weighted by Gasteiger charge is 2.06. The van der Waals surface area contributed by atoms with Gasteiger partial charge in [0.2, 0.25) is 5.91 Å². The summed E-state index contributed by atoms with van der Waals surface area (Å²) in [5.74, 6) is 0.0286. The number of para-hydroxylation sites is 1. The van der Waals surface area contributed by atoms with Crippen LogP contribution in [0, 0.1) is 6.92 Å². The summed E-state index contributed by atoms with van der Waals surface area (Å²) in [7, 11) is 0. The third-order valence-electron chi connectivity index (χ3n) is 2.59. The molecule has 0 unspecified atom stereocenters. The Labute approximate surface area is 97.5 Å². The van der Waals surface area contributed by atoms with E-state index < -0.39 is 0 Å². The predicted molar refractivity (Wildman–Crippen MR) is 67.7 cm³/mol. The molecule has 16 heavy (non-hydrogen) atoms. The van der Waals surface area contributed by atoms with Gasteiger partial charge in [-0.15, -0.1) is 0 Å². The largest absolute Gasteiger partial charge is 0.370 e. The van der Waals surface area contributed by atoms with Crippen LogP contribution in [-0.4, -0.2) is 25.5 Å². The molecule has 0 atom stereocenters. The Morgan fingerprint density at radius 1 is 1.38 bits per heavy atom. The molecule has 1 rings (SSSR count). The highest BCUT2D eigenvalue weighted by molar-refractivity contribution is 5.72. The standard InChI is InChI=1S/C13H20N2O/c1-4-15(10-9-14-12(3)16)13-8-6-5-7-11(13)2/h5-8H,4,9-10H2,1-3H3,(H,14,16). The van der Waals surface area contributed by atoms with Crippen LogP contribution in [0.15, 0.2) is 24.3 Å². The zero-order valence-corrected chi connectivity index (χ0v) is 10.3. The Hall–Kier alpha value is -1.51. The van der Waals surface area contributed by atoms with Crippen LogP contribution in [0.5, 0.6) is 0 Å². The quantitative estimate of drug-likeness (QED) is 0.822. The van der Waals surface area contributed by atoms with Crippen molar-refractivity contribution in [3.63, 3.8) is 0 Å². The third kappa shape index (κ3) is 3.57. The highest BCUT2D eigenvalue weighted by atomic mass is 16.1. The van der Waals surface area contributed by atoms with Crippen molar-refractivity contribution in [1.82, 2.24) is 5.32 Å². The van der Waals surface area contributed by atoms with Crippen molar-refractivity contribution in [2.75, 3.05) is 24.5 Å². The van der Waals surface area contributed by atoms with E-state index in [-0.39, 0.29) is 5.91 Å². The van der Waals surface area contributed by atoms with Crippen molar-refractivity contribution >= 4 is 11.6 Å². The van der Waals surface area contributed by atoms with Crippen molar-refractivity contribution in [1.29, 1.82) is 0 Å². The van der Waals surface area contributed by atoms with Crippen molar-refractivity contribution in [2.24, 2.45) is 0 Å². The molecule has 0 bridgehead atoms. The van der Waals surface area contributed by atoms with Crippen LogP contribution in [0.25, 0.3) is 0 Å². The van der Waals surface area contributed by atoms with E-state index >= 15 is 0 Å². The highest BCUT2D eigenvalue weighted by Crippen LogP contribution is 2.18. The number of carbonyl (C=O) groups is 1. The van der Waals surface area contributed by atoms with Gasteiger partial charge in [0.25, 0.3) is 0 Å². The van der Waals surface area contributed by atoms with E-state index in [1.165, 1.54) is 11.3 Å². The zero-order chi connectivity index (χ0) is 12.0. The first-order valence-electron chi connectivity index (χ1n) is 5.70. The molecule has 0 fully saturated rings. The number of carbonyl (C=O) groups excluding carboxylic acids is 1. The van der Waals surface area contributed by atoms with E-state index in [1.54, 1.807) is 6.92 Å². The summed E-state index contributed by atoms with van der Waals surface area (Å²) in [5.41, 5.74) is 2.52. The molecular weight excluding hydrogens is 200 g/mol. The number of anilines is 1. The number of nitrogens with zero attached hydrogens (tertiary/aromatic N) is 1. The van der Waals surface area contributed by atoms with Crippen LogP contribution in [0.3, 0.4) is 0 Å². The van der Waals surface area contributed by atoms with Gasteiger partial charge in [0.1, 0.15) is 0 Å². The van der Waals surface area contributed by atoms with Crippen LogP contribution in [-0.2, 0) is 4.79 Å². The topological polar surface area (TPSA) is 32.3 Å². The maximum Gasteiger partial charge on any atom is 0.216 e. The van der Waals surface area contributed by atoms with Gasteiger partial charge in [-0.05, 0) is 25.5 Å². The van der Waals surface area contributed by atoms with Gasteiger partial charge in [0.15, 0.2) is 0 Å². The SMILES string of the molecule is CCN(CCNC(C)=O)c1ccccc1C. The molecule has 0 saturated carbocycles. The molecule has 0 spiro atoms. The lowest BCUT2D eigenvalue weighted by molar-refractivity contribution is -0.118. The summed E-state index contributed by atoms with van der Waals surface area (Å²) >= 11 is 0. The van der Waals surface area contributed by atoms with Crippen LogP contribution in [0.4, 0.5) is 5.69 Å². The first kappa shape index (κ1) is 12.6. The fraction of sp³-hybridized carbons (Fsp3) is 0.462. The van der Waals surface area contributed by atoms with Gasteiger partial charge in [0, 0.05) is 32.2 Å². The molecular formula is C13H20N2O. The van der Waals surface area contributed by atoms with Crippen molar-refractivity contribution in [3.05, 3.63) is 29.8 Å². The maximum atomic E-state index is 10.8. The van der Waals surface area contributed by atoms with Gasteiger partial charge in [0.05, 0.1) is 0 Å². The minimum absolute atomic E-state index is 0.0286. The Balaban J connectivity index is 2.60. The molecule has 3 nitrogen and oxygen atoms in total. The molecule has 0 aliphatic rings. The smallest absolute Gasteiger partial charge is 0.216 e. The van der Waals surface area contributed by atoms with E-state index in [1.807, 2.05) is 12.1 Å². The first-order chi connectivity index (χ1) is 7.65. The molecule has 0 aromatic heterocycles. The maximum absolute atomic E-state index is 10.8. The van der Waals surface area contributed by atoms with Gasteiger partial charge in [-0.1, -0.05) is 18.2 Å². The number of nitrogens with one attached hydrogen (secondary N) is 1. The minimum Gasteiger partial charge on any atom is -0.370 e. The second-order valence-electron chi connectivity index (χ2n) is 3.85. The molecule has 1 N–H and O–H groups in total. The molecule has 0 radical (unpaired) electrons. The fourth-order valence-corrected chi connectivity index (χ4v) is 1.73. The molecule has 1 aromatic rings. The van der Waals surface area contributed by atoms with Gasteiger partial charge in [-0.2, -0.15) is 0 Å². The molecule has 1 aromatic carbocycles. The lowest BCUT2D eigenvalue weighted by Crippen LogP contribution is -2.34. The van der Waals surface area contributed by atoms with E-state index in [0.717, 1.165) is 13.1 Å². The minimum atomic E-state index is 0.0286. The molecule has 88 valence electrons. The number of hydrogen-bond donors (Lipinski definition) is 1. The summed E-state index contributed by atoms with van der Waals surface area (Å²) in [6.07, 6.45) is 0. The molecule has 0 saturated heterocycles. The Bertz CT molecular complexity index is 350. The number of likely N-dealkylation sites (N-methyl/N-ethyl adjacent to an activating group) is 1. The second kappa shape index (κ2) is 6.16. The van der Waals surface area contributed by atoms with Gasteiger partial charge in [-0.25, -0.2) is 0 Å². The summed E-state index contributed by atoms with van der Waals surface area (Å²) in [5, 5.41) is 2.82. The number of hydrogen-bond acceptors (Lipinski definition) is 2. The molecule has 0 aliphatic heterocycles. The molecule has 1 amide bonds. The van der Waals surface area contributed by atoms with Gasteiger partial charge >= 0.3 is 0 Å². The summed E-state index contributed by atoms with van der Waals surface area (Å²) in [6, 6.07) is 8.31. The average Bonchev–Trinajstić information content (AvgIpc) is 2.25. The predicted octanol–water partition coefficient (Wildman–Crippen LogP) is 1.96. The lowest BCUT2D eigenvalue weighted by Gasteiger charge is -2.24. The van der Waals surface area contributed by atoms with Crippen LogP contribution in [0.1, 0.15) is 19.4 Å². The van der Waals surface area contributed by atoms with Crippen molar-refractivity contribution in [3.8, 4) is 0 Å². The summed E-state index contributed by atoms with van der Waals surface area (Å²) in [4.78, 5) is 13.1. The number of rotatable bonds is 5. The second-order valence-corrected chi connectivity index (χ2v) is 3.85. The third-order valence-corrected chi connectivity index (χ3v) is 2.59. The van der Waals surface area contributed by atoms with Crippen LogP contribution in [0.2, 0.25) is 0 Å². The number of benzene rings is 1. The number of amides is 1. The fourth-order valence-electron chi connectivity index (χ4n) is 1.73. The zero-order valence-electron chi connectivity index (χ0n) is 10.3. The van der Waals surface area contributed by atoms with Gasteiger partial charge < -0.3 is 10.2 Å². The Morgan fingerprint density at radius 2 is 2.06 bits per heavy atom. The van der Waals surface area contributed by atoms with E-state index in [2.05, 4.69) is 36.2 Å². The van der Waals surface area contributed by atoms with Crippen LogP contribution < -0.4 is 10.2 Å². The lowest BCUT2D eigenvalue weighted by atomic mass is 10.2. The first-order valence-corrected chi connectivity index (χ1v) is 5.70. The average molecular weight is 220 g/mol. The van der Waals surface area contributed by atoms with Crippen molar-refractivity contribution in [2.45, 2.75) is 20.8 Å². The van der Waals surface area contributed by atoms with E-state index in [0.29, 0.717) is 6.54 Å². The van der Waals surface area contributed by atoms with E-state index in [9.17, 15) is 4.79 Å². The molecule has 0 heterocycles. The Kier molecular flexibility index (Phi) is 4.83.